The maximum atomic E-state index is 4.33. The van der Waals surface area contributed by atoms with Gasteiger partial charge in [-0.15, -0.1) is 0 Å². The third kappa shape index (κ3) is 2.00. The fourth-order valence-electron chi connectivity index (χ4n) is 1.96. The highest BCUT2D eigenvalue weighted by atomic mass is 15.3. The van der Waals surface area contributed by atoms with Crippen LogP contribution in [0.25, 0.3) is 0 Å². The minimum Gasteiger partial charge on any atom is -0.352 e. The molecule has 0 radical (unpaired) electrons. The SMILES string of the molecule is Cc1ccnc(NCC2(n3cccn3)CC2)n1. The molecule has 5 nitrogen and oxygen atoms in total. The van der Waals surface area contributed by atoms with Gasteiger partial charge in [0.15, 0.2) is 0 Å². The summed E-state index contributed by atoms with van der Waals surface area (Å²) in [5.74, 6) is 0.698. The van der Waals surface area contributed by atoms with Gasteiger partial charge in [-0.25, -0.2) is 9.97 Å². The van der Waals surface area contributed by atoms with Crippen LogP contribution in [0.2, 0.25) is 0 Å². The summed E-state index contributed by atoms with van der Waals surface area (Å²) < 4.78 is 2.04. The van der Waals surface area contributed by atoms with Gasteiger partial charge in [-0.1, -0.05) is 0 Å². The number of aryl methyl sites for hydroxylation is 1. The van der Waals surface area contributed by atoms with Crippen molar-refractivity contribution in [1.29, 1.82) is 0 Å². The molecule has 5 heteroatoms. The molecule has 1 aliphatic carbocycles. The van der Waals surface area contributed by atoms with Crippen LogP contribution in [0.15, 0.2) is 30.7 Å². The number of hydrogen-bond donors (Lipinski definition) is 1. The zero-order chi connectivity index (χ0) is 11.7. The van der Waals surface area contributed by atoms with E-state index < -0.39 is 0 Å². The number of hydrogen-bond acceptors (Lipinski definition) is 4. The minimum absolute atomic E-state index is 0.136. The van der Waals surface area contributed by atoms with Crippen LogP contribution in [0.1, 0.15) is 18.5 Å². The van der Waals surface area contributed by atoms with E-state index in [9.17, 15) is 0 Å². The van der Waals surface area contributed by atoms with E-state index in [-0.39, 0.29) is 5.54 Å². The summed E-state index contributed by atoms with van der Waals surface area (Å²) in [6, 6.07) is 3.86. The Labute approximate surface area is 99.9 Å². The molecule has 1 aliphatic rings. The van der Waals surface area contributed by atoms with E-state index in [2.05, 4.69) is 20.4 Å². The summed E-state index contributed by atoms with van der Waals surface area (Å²) in [5, 5.41) is 7.61. The molecule has 1 N–H and O–H groups in total. The van der Waals surface area contributed by atoms with Gasteiger partial charge in [-0.05, 0) is 31.9 Å². The fraction of sp³-hybridized carbons (Fsp3) is 0.417. The summed E-state index contributed by atoms with van der Waals surface area (Å²) in [6.45, 7) is 2.80. The van der Waals surface area contributed by atoms with Crippen LogP contribution < -0.4 is 5.32 Å². The van der Waals surface area contributed by atoms with Crippen molar-refractivity contribution < 1.29 is 0 Å². The summed E-state index contributed by atoms with van der Waals surface area (Å²) in [5.41, 5.74) is 1.11. The first-order chi connectivity index (χ1) is 8.28. The quantitative estimate of drug-likeness (QED) is 0.864. The van der Waals surface area contributed by atoms with Gasteiger partial charge in [-0.2, -0.15) is 5.10 Å². The smallest absolute Gasteiger partial charge is 0.222 e. The molecule has 0 amide bonds. The molecule has 0 aliphatic heterocycles. The molecule has 1 fully saturated rings. The molecular weight excluding hydrogens is 214 g/mol. The molecular formula is C12H15N5. The van der Waals surface area contributed by atoms with Crippen molar-refractivity contribution in [2.75, 3.05) is 11.9 Å². The van der Waals surface area contributed by atoms with Gasteiger partial charge in [0, 0.05) is 30.8 Å². The molecule has 0 saturated heterocycles. The van der Waals surface area contributed by atoms with E-state index in [0.29, 0.717) is 5.95 Å². The van der Waals surface area contributed by atoms with Crippen molar-refractivity contribution in [1.82, 2.24) is 19.7 Å². The average Bonchev–Trinajstić information content (AvgIpc) is 2.91. The lowest BCUT2D eigenvalue weighted by molar-refractivity contribution is 0.452. The predicted octanol–water partition coefficient (Wildman–Crippen LogP) is 1.58. The van der Waals surface area contributed by atoms with E-state index >= 15 is 0 Å². The van der Waals surface area contributed by atoms with Crippen LogP contribution in [0.5, 0.6) is 0 Å². The zero-order valence-corrected chi connectivity index (χ0v) is 9.80. The highest BCUT2D eigenvalue weighted by Crippen LogP contribution is 2.42. The molecule has 88 valence electrons. The standard InChI is InChI=1S/C12H15N5/c1-10-3-7-13-11(16-10)14-9-12(4-5-12)17-8-2-6-15-17/h2-3,6-8H,4-5,9H2,1H3,(H,13,14,16). The first-order valence-electron chi connectivity index (χ1n) is 5.82. The van der Waals surface area contributed by atoms with Gasteiger partial charge in [0.2, 0.25) is 5.95 Å². The average molecular weight is 229 g/mol. The summed E-state index contributed by atoms with van der Waals surface area (Å²) in [4.78, 5) is 8.53. The van der Waals surface area contributed by atoms with Crippen molar-refractivity contribution >= 4 is 5.95 Å². The van der Waals surface area contributed by atoms with E-state index in [1.165, 1.54) is 0 Å². The minimum atomic E-state index is 0.136. The first-order valence-corrected chi connectivity index (χ1v) is 5.82. The van der Waals surface area contributed by atoms with E-state index in [1.807, 2.05) is 36.1 Å². The van der Waals surface area contributed by atoms with Crippen LogP contribution in [-0.2, 0) is 5.54 Å². The summed E-state index contributed by atoms with van der Waals surface area (Å²) >= 11 is 0. The lowest BCUT2D eigenvalue weighted by atomic mass is 10.3. The maximum absolute atomic E-state index is 4.33. The third-order valence-electron chi connectivity index (χ3n) is 3.19. The van der Waals surface area contributed by atoms with Gasteiger partial charge in [-0.3, -0.25) is 4.68 Å². The van der Waals surface area contributed by atoms with Crippen LogP contribution in [-0.4, -0.2) is 26.3 Å². The molecule has 2 aromatic rings. The lowest BCUT2D eigenvalue weighted by Crippen LogP contribution is -2.27. The second kappa shape index (κ2) is 3.84. The van der Waals surface area contributed by atoms with Crippen molar-refractivity contribution in [3.8, 4) is 0 Å². The topological polar surface area (TPSA) is 55.6 Å². The Balaban J connectivity index is 1.69. The van der Waals surface area contributed by atoms with Crippen LogP contribution >= 0.6 is 0 Å². The molecule has 2 aromatic heterocycles. The molecule has 0 spiro atoms. The number of rotatable bonds is 4. The zero-order valence-electron chi connectivity index (χ0n) is 9.80. The Morgan fingerprint density at radius 1 is 1.41 bits per heavy atom. The fourth-order valence-corrected chi connectivity index (χ4v) is 1.96. The third-order valence-corrected chi connectivity index (χ3v) is 3.19. The molecule has 3 rings (SSSR count). The highest BCUT2D eigenvalue weighted by molar-refractivity contribution is 5.26. The molecule has 1 saturated carbocycles. The normalized spacial score (nSPS) is 16.8. The van der Waals surface area contributed by atoms with Gasteiger partial charge < -0.3 is 5.32 Å². The van der Waals surface area contributed by atoms with Crippen molar-refractivity contribution in [2.45, 2.75) is 25.3 Å². The monoisotopic (exact) mass is 229 g/mol. The van der Waals surface area contributed by atoms with E-state index in [1.54, 1.807) is 6.20 Å². The van der Waals surface area contributed by atoms with Crippen molar-refractivity contribution in [3.05, 3.63) is 36.4 Å². The molecule has 0 aromatic carbocycles. The maximum Gasteiger partial charge on any atom is 0.222 e. The molecule has 0 bridgehead atoms. The Morgan fingerprint density at radius 3 is 2.94 bits per heavy atom. The van der Waals surface area contributed by atoms with Crippen molar-refractivity contribution in [3.63, 3.8) is 0 Å². The Kier molecular flexibility index (Phi) is 2.31. The first kappa shape index (κ1) is 10.3. The van der Waals surface area contributed by atoms with E-state index in [4.69, 9.17) is 0 Å². The molecule has 2 heterocycles. The molecule has 0 unspecified atom stereocenters. The van der Waals surface area contributed by atoms with Crippen LogP contribution in [0.4, 0.5) is 5.95 Å². The van der Waals surface area contributed by atoms with Crippen LogP contribution in [0.3, 0.4) is 0 Å². The van der Waals surface area contributed by atoms with Gasteiger partial charge in [0.05, 0.1) is 5.54 Å². The number of anilines is 1. The van der Waals surface area contributed by atoms with Crippen molar-refractivity contribution in [2.24, 2.45) is 0 Å². The summed E-state index contributed by atoms with van der Waals surface area (Å²) in [6.07, 6.45) is 7.94. The Hall–Kier alpha value is -1.91. The number of nitrogens with zero attached hydrogens (tertiary/aromatic N) is 4. The second-order valence-corrected chi connectivity index (χ2v) is 4.55. The number of nitrogens with one attached hydrogen (secondary N) is 1. The largest absolute Gasteiger partial charge is 0.352 e. The Bertz CT molecular complexity index is 501. The second-order valence-electron chi connectivity index (χ2n) is 4.55. The molecule has 17 heavy (non-hydrogen) atoms. The summed E-state index contributed by atoms with van der Waals surface area (Å²) in [7, 11) is 0. The number of aromatic nitrogens is 4. The van der Waals surface area contributed by atoms with Gasteiger partial charge >= 0.3 is 0 Å². The molecule has 0 atom stereocenters. The highest BCUT2D eigenvalue weighted by Gasteiger charge is 2.45. The predicted molar refractivity (Wildman–Crippen MR) is 64.7 cm³/mol. The van der Waals surface area contributed by atoms with Gasteiger partial charge in [0.25, 0.3) is 0 Å². The van der Waals surface area contributed by atoms with Crippen LogP contribution in [0, 0.1) is 6.92 Å². The lowest BCUT2D eigenvalue weighted by Gasteiger charge is -2.16. The van der Waals surface area contributed by atoms with Gasteiger partial charge in [0.1, 0.15) is 0 Å². The Morgan fingerprint density at radius 2 is 2.29 bits per heavy atom. The van der Waals surface area contributed by atoms with E-state index in [0.717, 1.165) is 25.1 Å².